The number of anilines is 1. The van der Waals surface area contributed by atoms with E-state index >= 15 is 0 Å². The lowest BCUT2D eigenvalue weighted by Crippen LogP contribution is -2.29. The minimum atomic E-state index is -1.08. The summed E-state index contributed by atoms with van der Waals surface area (Å²) in [5.74, 6) is -1.21. The van der Waals surface area contributed by atoms with Crippen LogP contribution in [0.25, 0.3) is 0 Å². The molecule has 12 heteroatoms. The van der Waals surface area contributed by atoms with E-state index in [1.807, 2.05) is 6.92 Å². The number of hydrogen-bond acceptors (Lipinski definition) is 6. The molecule has 1 aromatic heterocycles. The van der Waals surface area contributed by atoms with E-state index in [-0.39, 0.29) is 28.2 Å². The Morgan fingerprint density at radius 2 is 1.91 bits per heavy atom. The van der Waals surface area contributed by atoms with E-state index < -0.39 is 12.0 Å². The first-order valence-electron chi connectivity index (χ1n) is 10.1. The van der Waals surface area contributed by atoms with Crippen molar-refractivity contribution >= 4 is 58.4 Å². The van der Waals surface area contributed by atoms with E-state index in [2.05, 4.69) is 20.8 Å². The average Bonchev–Trinajstić information content (AvgIpc) is 3.20. The van der Waals surface area contributed by atoms with Gasteiger partial charge in [0.1, 0.15) is 0 Å². The number of nitrogens with one attached hydrogen (secondary N) is 2. The number of carbonyl (C=O) groups excluding carboxylic acids is 2. The summed E-state index contributed by atoms with van der Waals surface area (Å²) >= 11 is 13.2. The quantitative estimate of drug-likeness (QED) is 0.353. The van der Waals surface area contributed by atoms with Crippen molar-refractivity contribution in [3.8, 4) is 0 Å². The highest BCUT2D eigenvalue weighted by molar-refractivity contribution is 7.99. The third kappa shape index (κ3) is 6.28. The first-order valence-corrected chi connectivity index (χ1v) is 11.9. The van der Waals surface area contributed by atoms with E-state index in [9.17, 15) is 14.4 Å². The minimum Gasteiger partial charge on any atom is -0.478 e. The molecule has 34 heavy (non-hydrogen) atoms. The van der Waals surface area contributed by atoms with Crippen LogP contribution in [0.4, 0.5) is 5.69 Å². The summed E-state index contributed by atoms with van der Waals surface area (Å²) in [6, 6.07) is 10.1. The number of carboxylic acids is 1. The number of aromatic nitrogens is 3. The van der Waals surface area contributed by atoms with Gasteiger partial charge in [-0.05, 0) is 50.2 Å². The average molecular weight is 522 g/mol. The predicted octanol–water partition coefficient (Wildman–Crippen LogP) is 4.52. The summed E-state index contributed by atoms with van der Waals surface area (Å²) < 4.78 is 1.80. The summed E-state index contributed by atoms with van der Waals surface area (Å²) in [7, 11) is 0. The van der Waals surface area contributed by atoms with Crippen LogP contribution in [0.1, 0.15) is 46.4 Å². The molecular weight excluding hydrogens is 501 g/mol. The lowest BCUT2D eigenvalue weighted by Gasteiger charge is -2.15. The van der Waals surface area contributed by atoms with Crippen LogP contribution in [-0.2, 0) is 11.3 Å². The smallest absolute Gasteiger partial charge is 0.335 e. The van der Waals surface area contributed by atoms with Crippen molar-refractivity contribution in [1.82, 2.24) is 20.1 Å². The Morgan fingerprint density at radius 1 is 1.15 bits per heavy atom. The summed E-state index contributed by atoms with van der Waals surface area (Å²) in [4.78, 5) is 36.1. The predicted molar refractivity (Wildman–Crippen MR) is 131 cm³/mol. The van der Waals surface area contributed by atoms with Gasteiger partial charge in [-0.15, -0.1) is 10.2 Å². The molecule has 0 aliphatic heterocycles. The van der Waals surface area contributed by atoms with Gasteiger partial charge in [-0.1, -0.05) is 41.0 Å². The molecule has 1 atom stereocenters. The zero-order valence-corrected chi connectivity index (χ0v) is 20.5. The number of thioether (sulfide) groups is 1. The van der Waals surface area contributed by atoms with Crippen molar-refractivity contribution in [2.24, 2.45) is 0 Å². The molecule has 1 heterocycles. The number of carboxylic acid groups (broad SMARTS) is 1. The molecule has 3 rings (SSSR count). The van der Waals surface area contributed by atoms with Crippen LogP contribution in [0.15, 0.2) is 47.6 Å². The highest BCUT2D eigenvalue weighted by atomic mass is 35.5. The van der Waals surface area contributed by atoms with Gasteiger partial charge in [-0.25, -0.2) is 4.79 Å². The maximum Gasteiger partial charge on any atom is 0.335 e. The van der Waals surface area contributed by atoms with Gasteiger partial charge in [0, 0.05) is 17.3 Å². The van der Waals surface area contributed by atoms with Crippen LogP contribution in [0, 0.1) is 0 Å². The molecule has 9 nitrogen and oxygen atoms in total. The number of hydrogen-bond donors (Lipinski definition) is 3. The van der Waals surface area contributed by atoms with Gasteiger partial charge in [0.2, 0.25) is 5.91 Å². The Labute approximate surface area is 209 Å². The topological polar surface area (TPSA) is 126 Å². The van der Waals surface area contributed by atoms with Gasteiger partial charge in [-0.2, -0.15) is 0 Å². The van der Waals surface area contributed by atoms with Crippen molar-refractivity contribution in [3.63, 3.8) is 0 Å². The number of nitrogens with zero attached hydrogens (tertiary/aromatic N) is 3. The molecule has 0 spiro atoms. The second-order valence-corrected chi connectivity index (χ2v) is 8.91. The van der Waals surface area contributed by atoms with Crippen LogP contribution in [0.3, 0.4) is 0 Å². The molecule has 3 N–H and O–H groups in total. The summed E-state index contributed by atoms with van der Waals surface area (Å²) in [5, 5.41) is 24.1. The third-order valence-corrected chi connectivity index (χ3v) is 6.21. The van der Waals surface area contributed by atoms with Crippen molar-refractivity contribution in [3.05, 3.63) is 69.5 Å². The van der Waals surface area contributed by atoms with Crippen molar-refractivity contribution in [1.29, 1.82) is 0 Å². The maximum atomic E-state index is 12.6. The first kappa shape index (κ1) is 25.5. The van der Waals surface area contributed by atoms with Crippen LogP contribution < -0.4 is 10.6 Å². The van der Waals surface area contributed by atoms with Crippen LogP contribution in [0.5, 0.6) is 0 Å². The largest absolute Gasteiger partial charge is 0.478 e. The molecule has 0 unspecified atom stereocenters. The molecule has 0 saturated carbocycles. The Bertz CT molecular complexity index is 1230. The van der Waals surface area contributed by atoms with E-state index in [1.165, 1.54) is 30.0 Å². The minimum absolute atomic E-state index is 0.0382. The van der Waals surface area contributed by atoms with Gasteiger partial charge >= 0.3 is 5.97 Å². The van der Waals surface area contributed by atoms with Gasteiger partial charge in [0.25, 0.3) is 5.91 Å². The van der Waals surface area contributed by atoms with Gasteiger partial charge in [0.05, 0.1) is 27.9 Å². The molecular formula is C22H21Cl2N5O4S. The zero-order chi connectivity index (χ0) is 24.8. The fraction of sp³-hybridized carbons (Fsp3) is 0.227. The number of carbonyl (C=O) groups is 3. The number of halogens is 2. The van der Waals surface area contributed by atoms with Gasteiger partial charge < -0.3 is 20.3 Å². The van der Waals surface area contributed by atoms with Crippen molar-refractivity contribution < 1.29 is 19.5 Å². The molecule has 0 aliphatic rings. The second-order valence-electron chi connectivity index (χ2n) is 7.13. The second kappa shape index (κ2) is 11.4. The maximum absolute atomic E-state index is 12.6. The summed E-state index contributed by atoms with van der Waals surface area (Å²) in [5.41, 5.74) is 0.760. The van der Waals surface area contributed by atoms with Crippen molar-refractivity contribution in [2.75, 3.05) is 11.1 Å². The molecule has 178 valence electrons. The highest BCUT2D eigenvalue weighted by Gasteiger charge is 2.21. The summed E-state index contributed by atoms with van der Waals surface area (Å²) in [6.45, 7) is 4.20. The fourth-order valence-electron chi connectivity index (χ4n) is 3.09. The Balaban J connectivity index is 1.64. The van der Waals surface area contributed by atoms with Crippen molar-refractivity contribution in [2.45, 2.75) is 31.6 Å². The Kier molecular flexibility index (Phi) is 8.54. The number of amides is 2. The lowest BCUT2D eigenvalue weighted by molar-refractivity contribution is -0.113. The molecule has 2 aromatic carbocycles. The number of rotatable bonds is 9. The molecule has 0 bridgehead atoms. The normalized spacial score (nSPS) is 11.6. The van der Waals surface area contributed by atoms with E-state index in [0.717, 1.165) is 0 Å². The third-order valence-electron chi connectivity index (χ3n) is 4.70. The van der Waals surface area contributed by atoms with Gasteiger partial charge in [0.15, 0.2) is 11.0 Å². The van der Waals surface area contributed by atoms with Crippen LogP contribution >= 0.6 is 35.0 Å². The van der Waals surface area contributed by atoms with E-state index in [1.54, 1.807) is 35.8 Å². The van der Waals surface area contributed by atoms with E-state index in [0.29, 0.717) is 33.8 Å². The molecule has 0 fully saturated rings. The monoisotopic (exact) mass is 521 g/mol. The Morgan fingerprint density at radius 3 is 2.59 bits per heavy atom. The highest BCUT2D eigenvalue weighted by Crippen LogP contribution is 2.24. The van der Waals surface area contributed by atoms with E-state index in [4.69, 9.17) is 28.3 Å². The Hall–Kier alpha value is -3.08. The molecule has 0 aliphatic carbocycles. The van der Waals surface area contributed by atoms with Crippen LogP contribution in [-0.4, -0.2) is 43.4 Å². The molecule has 2 amide bonds. The lowest BCUT2D eigenvalue weighted by atomic mass is 10.2. The summed E-state index contributed by atoms with van der Waals surface area (Å²) in [6.07, 6.45) is 0. The zero-order valence-electron chi connectivity index (χ0n) is 18.2. The van der Waals surface area contributed by atoms with Gasteiger partial charge in [-0.3, -0.25) is 9.59 Å². The fourth-order valence-corrected chi connectivity index (χ4v) is 4.40. The molecule has 3 aromatic rings. The number of aromatic carboxylic acids is 1. The number of benzene rings is 2. The first-order chi connectivity index (χ1) is 16.2. The molecule has 0 radical (unpaired) electrons. The van der Waals surface area contributed by atoms with Crippen LogP contribution in [0.2, 0.25) is 10.0 Å². The SMILES string of the molecule is CCn1c(SCC(=O)Nc2cccc(C(=O)O)c2)nnc1[C@H](C)NC(=O)c1ccc(Cl)cc1Cl. The standard InChI is InChI=1S/C22H21Cl2N5O4S/c1-3-29-19(12(2)25-20(31)16-8-7-14(23)10-17(16)24)27-28-22(29)34-11-18(30)26-15-6-4-5-13(9-15)21(32)33/h4-10,12H,3,11H2,1-2H3,(H,25,31)(H,26,30)(H,32,33)/t12-/m0/s1. The molecule has 0 saturated heterocycles.